The number of nitrogens with zero attached hydrogens (tertiary/aromatic N) is 5. The van der Waals surface area contributed by atoms with Gasteiger partial charge in [-0.25, -0.2) is 4.98 Å². The van der Waals surface area contributed by atoms with Crippen molar-refractivity contribution in [2.75, 3.05) is 32.8 Å². The van der Waals surface area contributed by atoms with Crippen molar-refractivity contribution < 1.29 is 28.3 Å². The van der Waals surface area contributed by atoms with E-state index in [-0.39, 0.29) is 66.3 Å². The molecule has 1 saturated heterocycles. The Hall–Kier alpha value is -5.16. The molecule has 0 spiro atoms. The number of rotatable bonds is 18. The van der Waals surface area contributed by atoms with Gasteiger partial charge < -0.3 is 23.5 Å². The Bertz CT molecular complexity index is 2200. The van der Waals surface area contributed by atoms with Crippen LogP contribution in [0.3, 0.4) is 0 Å². The fourth-order valence-corrected chi connectivity index (χ4v) is 10.3. The zero-order chi connectivity index (χ0) is 42.3. The maximum Gasteiger partial charge on any atom is 0.280 e. The number of benzene rings is 3. The molecule has 3 aromatic carbocycles. The molecule has 15 heteroatoms. The van der Waals surface area contributed by atoms with E-state index in [1.807, 2.05) is 66.7 Å². The molecular weight excluding hydrogens is 769 g/mol. The fraction of sp³-hybridized carbons (Fsp3) is 0.432. The van der Waals surface area contributed by atoms with Crippen LogP contribution in [0.2, 0.25) is 0 Å². The molecule has 0 bridgehead atoms. The van der Waals surface area contributed by atoms with Crippen molar-refractivity contribution in [3.63, 3.8) is 0 Å². The molecule has 1 aliphatic rings. The summed E-state index contributed by atoms with van der Waals surface area (Å²) in [5.74, 6) is 0.816. The lowest BCUT2D eigenvalue weighted by molar-refractivity contribution is -0.118. The van der Waals surface area contributed by atoms with Gasteiger partial charge in [0.15, 0.2) is 11.2 Å². The number of carbonyl (C=O) groups excluding carboxylic acids is 1. The highest BCUT2D eigenvalue weighted by Crippen LogP contribution is 2.58. The summed E-state index contributed by atoms with van der Waals surface area (Å²) in [6.45, 7) is 12.4. The Balaban J connectivity index is 1.47. The van der Waals surface area contributed by atoms with Gasteiger partial charge in [0.1, 0.15) is 31.6 Å². The van der Waals surface area contributed by atoms with Gasteiger partial charge >= 0.3 is 0 Å². The highest BCUT2D eigenvalue weighted by Gasteiger charge is 2.48. The number of aromatic nitrogens is 4. The van der Waals surface area contributed by atoms with Crippen molar-refractivity contribution in [2.45, 2.75) is 90.1 Å². The molecule has 1 fully saturated rings. The predicted octanol–water partition coefficient (Wildman–Crippen LogP) is 7.76. The van der Waals surface area contributed by atoms with E-state index in [0.29, 0.717) is 17.9 Å². The molecule has 0 aliphatic carbocycles. The second kappa shape index (κ2) is 19.3. The molecule has 14 nitrogen and oxygen atoms in total. The number of nitriles is 1. The Labute approximate surface area is 346 Å². The molecule has 2 N–H and O–H groups in total. The molecule has 3 heterocycles. The maximum absolute atomic E-state index is 13.4. The number of carbonyl (C=O) groups is 1. The van der Waals surface area contributed by atoms with Gasteiger partial charge in [-0.15, -0.1) is 0 Å². The average molecular weight is 824 g/mol. The highest BCUT2D eigenvalue weighted by molar-refractivity contribution is 7.50. The second-order valence-corrected chi connectivity index (χ2v) is 17.2. The monoisotopic (exact) mass is 823 g/mol. The van der Waals surface area contributed by atoms with Crippen LogP contribution in [0.15, 0.2) is 90.0 Å². The molecular formula is C44H54N7O7P. The minimum absolute atomic E-state index is 0.0162. The molecule has 6 rings (SSSR count). The normalized spacial score (nSPS) is 17.5. The lowest BCUT2D eigenvalue weighted by Gasteiger charge is -2.41. The summed E-state index contributed by atoms with van der Waals surface area (Å²) in [4.78, 5) is 37.9. The predicted molar refractivity (Wildman–Crippen MR) is 227 cm³/mol. The van der Waals surface area contributed by atoms with Gasteiger partial charge in [0.05, 0.1) is 58.0 Å². The smallest absolute Gasteiger partial charge is 0.280 e. The summed E-state index contributed by atoms with van der Waals surface area (Å²) in [6.07, 6.45) is 1.10. The minimum atomic E-state index is -1.42. The van der Waals surface area contributed by atoms with E-state index in [2.05, 4.69) is 65.9 Å². The Morgan fingerprint density at radius 3 is 2.10 bits per heavy atom. The van der Waals surface area contributed by atoms with Crippen LogP contribution in [0, 0.1) is 17.2 Å². The largest absolute Gasteiger partial charge is 0.497 e. The van der Waals surface area contributed by atoms with E-state index in [1.165, 1.54) is 0 Å². The van der Waals surface area contributed by atoms with Gasteiger partial charge in [-0.3, -0.25) is 29.1 Å². The van der Waals surface area contributed by atoms with Crippen LogP contribution in [0.5, 0.6) is 11.5 Å². The van der Waals surface area contributed by atoms with Crippen LogP contribution in [0.1, 0.15) is 77.3 Å². The lowest BCUT2D eigenvalue weighted by Crippen LogP contribution is -2.37. The molecule has 3 unspecified atom stereocenters. The van der Waals surface area contributed by atoms with Crippen LogP contribution in [-0.4, -0.2) is 81.4 Å². The number of hydrogen-bond donors (Lipinski definition) is 2. The quantitative estimate of drug-likeness (QED) is 0.0504. The van der Waals surface area contributed by atoms with Crippen LogP contribution in [0.25, 0.3) is 11.2 Å². The summed E-state index contributed by atoms with van der Waals surface area (Å²) in [5, 5.41) is 12.2. The molecule has 1 amide bonds. The first-order valence-electron chi connectivity index (χ1n) is 19.9. The first-order valence-corrected chi connectivity index (χ1v) is 21.2. The first kappa shape index (κ1) is 43.4. The topological polar surface area (TPSA) is 166 Å². The molecule has 0 radical (unpaired) electrons. The standard InChI is InChI=1S/C44H54N7O7P/c1-28(2)40(52)48-43-47-39-38(41(53)49-43)46-27-50(39)42-37(59(57-24-12-23-45)51(29(3)4)30(5)6)25-36(58-42)26-56-44(31-13-10-9-11-14-31,32-15-19-34(54-7)20-16-32)33-17-21-35(55-8)22-18-33/h9-11,13-22,27-30,36-37,42H,12,24-26H2,1-8H3,(H2,47,48,49,52,53)/t36?,37-,42?,59?/m1/s1. The van der Waals surface area contributed by atoms with Crippen molar-refractivity contribution in [1.82, 2.24) is 24.2 Å². The number of fused-ring (bicyclic) bond motifs is 1. The number of H-pyrrole nitrogens is 1. The number of methoxy groups -OCH3 is 2. The van der Waals surface area contributed by atoms with E-state index in [0.717, 1.165) is 16.7 Å². The van der Waals surface area contributed by atoms with Gasteiger partial charge in [0, 0.05) is 18.0 Å². The maximum atomic E-state index is 13.4. The van der Waals surface area contributed by atoms with Gasteiger partial charge in [-0.1, -0.05) is 68.4 Å². The van der Waals surface area contributed by atoms with Crippen molar-refractivity contribution in [1.29, 1.82) is 5.26 Å². The average Bonchev–Trinajstić information content (AvgIpc) is 3.86. The zero-order valence-electron chi connectivity index (χ0n) is 34.9. The Kier molecular flexibility index (Phi) is 14.2. The van der Waals surface area contributed by atoms with Crippen LogP contribution in [-0.2, 0) is 24.4 Å². The van der Waals surface area contributed by atoms with Crippen molar-refractivity contribution >= 4 is 31.3 Å². The van der Waals surface area contributed by atoms with Crippen LogP contribution < -0.4 is 20.3 Å². The lowest BCUT2D eigenvalue weighted by atomic mass is 9.80. The zero-order valence-corrected chi connectivity index (χ0v) is 35.8. The van der Waals surface area contributed by atoms with Gasteiger partial charge in [0.2, 0.25) is 11.9 Å². The Morgan fingerprint density at radius 2 is 1.56 bits per heavy atom. The third kappa shape index (κ3) is 9.35. The molecule has 4 atom stereocenters. The number of anilines is 1. The van der Waals surface area contributed by atoms with E-state index >= 15 is 0 Å². The summed E-state index contributed by atoms with van der Waals surface area (Å²) in [6, 6.07) is 28.2. The van der Waals surface area contributed by atoms with Crippen molar-refractivity contribution in [3.05, 3.63) is 112 Å². The van der Waals surface area contributed by atoms with E-state index in [1.54, 1.807) is 39.0 Å². The molecule has 312 valence electrons. The summed E-state index contributed by atoms with van der Waals surface area (Å²) >= 11 is 0. The fourth-order valence-electron chi connectivity index (χ4n) is 7.58. The van der Waals surface area contributed by atoms with Crippen molar-refractivity contribution in [2.24, 2.45) is 5.92 Å². The van der Waals surface area contributed by atoms with E-state index in [4.69, 9.17) is 28.5 Å². The molecule has 0 saturated carbocycles. The SMILES string of the molecule is COc1ccc(C(OCC2C[C@@H](P(OCCC#N)N(C(C)C)C(C)C)C(n3cnc4c(=O)[nH]c(NC(=O)C(C)C)nc43)O2)(c2ccccc2)c2ccc(OC)cc2)cc1. The van der Waals surface area contributed by atoms with Gasteiger partial charge in [-0.2, -0.15) is 10.2 Å². The van der Waals surface area contributed by atoms with E-state index < -0.39 is 31.8 Å². The number of aromatic amines is 1. The Morgan fingerprint density at radius 1 is 0.966 bits per heavy atom. The third-order valence-electron chi connectivity index (χ3n) is 10.3. The summed E-state index contributed by atoms with van der Waals surface area (Å²) in [7, 11) is 1.86. The third-order valence-corrected chi connectivity index (χ3v) is 13.2. The number of hydrogen-bond acceptors (Lipinski definition) is 11. The summed E-state index contributed by atoms with van der Waals surface area (Å²) < 4.78 is 36.3. The number of imidazole rings is 1. The van der Waals surface area contributed by atoms with Crippen LogP contribution in [0.4, 0.5) is 5.95 Å². The van der Waals surface area contributed by atoms with Gasteiger partial charge in [-0.05, 0) is 75.1 Å². The first-order chi connectivity index (χ1) is 28.4. The minimum Gasteiger partial charge on any atom is -0.497 e. The van der Waals surface area contributed by atoms with Crippen molar-refractivity contribution in [3.8, 4) is 17.6 Å². The van der Waals surface area contributed by atoms with E-state index in [9.17, 15) is 14.9 Å². The van der Waals surface area contributed by atoms with Crippen LogP contribution >= 0.6 is 8.30 Å². The number of ether oxygens (including phenoxy) is 4. The van der Waals surface area contributed by atoms with Gasteiger partial charge in [0.25, 0.3) is 5.56 Å². The molecule has 1 aliphatic heterocycles. The summed E-state index contributed by atoms with van der Waals surface area (Å²) in [5.41, 5.74) is 1.17. The molecule has 2 aromatic heterocycles. The number of nitrogens with one attached hydrogen (secondary N) is 2. The highest BCUT2D eigenvalue weighted by atomic mass is 31.2. The molecule has 5 aromatic rings. The molecule has 59 heavy (non-hydrogen) atoms. The number of amides is 1. The second-order valence-electron chi connectivity index (χ2n) is 15.3.